The summed E-state index contributed by atoms with van der Waals surface area (Å²) in [5.74, 6) is -1.50. The maximum Gasteiger partial charge on any atom is 0.416 e. The fourth-order valence-corrected chi connectivity index (χ4v) is 1.68. The lowest BCUT2D eigenvalue weighted by Gasteiger charge is -2.16. The molecule has 1 saturated heterocycles. The Hall–Kier alpha value is -2.25. The van der Waals surface area contributed by atoms with E-state index in [1.165, 1.54) is 0 Å². The number of anilines is 1. The van der Waals surface area contributed by atoms with Crippen LogP contribution >= 0.6 is 0 Å². The van der Waals surface area contributed by atoms with Gasteiger partial charge in [-0.05, 0) is 18.2 Å². The van der Waals surface area contributed by atoms with Crippen molar-refractivity contribution in [1.29, 1.82) is 0 Å². The normalized spacial score (nSPS) is 15.5. The number of amides is 1. The number of cyclic esters (lactones) is 1. The summed E-state index contributed by atoms with van der Waals surface area (Å²) in [6.07, 6.45) is -5.49. The zero-order valence-corrected chi connectivity index (χ0v) is 9.40. The smallest absolute Gasteiger partial charge is 0.416 e. The Balaban J connectivity index is 2.51. The van der Waals surface area contributed by atoms with Gasteiger partial charge in [-0.1, -0.05) is 0 Å². The lowest BCUT2D eigenvalue weighted by atomic mass is 10.1. The van der Waals surface area contributed by atoms with Crippen molar-refractivity contribution in [2.75, 3.05) is 18.1 Å². The quantitative estimate of drug-likeness (QED) is 0.899. The van der Waals surface area contributed by atoms with E-state index in [-0.39, 0.29) is 18.8 Å². The van der Waals surface area contributed by atoms with Crippen molar-refractivity contribution >= 4 is 17.7 Å². The summed E-state index contributed by atoms with van der Waals surface area (Å²) in [5, 5.41) is 8.81. The van der Waals surface area contributed by atoms with Gasteiger partial charge < -0.3 is 9.84 Å². The van der Waals surface area contributed by atoms with Gasteiger partial charge in [0, 0.05) is 5.69 Å². The third-order valence-corrected chi connectivity index (χ3v) is 2.56. The number of rotatable bonds is 2. The number of ether oxygens (including phenoxy) is 1. The Morgan fingerprint density at radius 1 is 1.32 bits per heavy atom. The van der Waals surface area contributed by atoms with Gasteiger partial charge in [0.2, 0.25) is 0 Å². The highest BCUT2D eigenvalue weighted by Gasteiger charge is 2.33. The molecule has 8 heteroatoms. The van der Waals surface area contributed by atoms with Crippen LogP contribution in [0.4, 0.5) is 23.7 Å². The monoisotopic (exact) mass is 275 g/mol. The molecule has 0 aliphatic carbocycles. The molecule has 0 aromatic heterocycles. The molecule has 2 rings (SSSR count). The van der Waals surface area contributed by atoms with E-state index >= 15 is 0 Å². The molecular weight excluding hydrogens is 267 g/mol. The summed E-state index contributed by atoms with van der Waals surface area (Å²) in [6, 6.07) is 2.25. The molecule has 0 spiro atoms. The lowest BCUT2D eigenvalue weighted by molar-refractivity contribution is -0.137. The highest BCUT2D eigenvalue weighted by Crippen LogP contribution is 2.33. The third kappa shape index (κ3) is 2.61. The van der Waals surface area contributed by atoms with Crippen molar-refractivity contribution in [3.05, 3.63) is 29.3 Å². The third-order valence-electron chi connectivity index (χ3n) is 2.56. The van der Waals surface area contributed by atoms with Gasteiger partial charge in [0.1, 0.15) is 6.61 Å². The highest BCUT2D eigenvalue weighted by molar-refractivity contribution is 5.93. The second-order valence-electron chi connectivity index (χ2n) is 3.84. The van der Waals surface area contributed by atoms with Crippen LogP contribution in [-0.2, 0) is 10.9 Å². The van der Waals surface area contributed by atoms with Gasteiger partial charge in [-0.15, -0.1) is 0 Å². The van der Waals surface area contributed by atoms with Crippen molar-refractivity contribution in [2.24, 2.45) is 0 Å². The van der Waals surface area contributed by atoms with E-state index in [4.69, 9.17) is 5.11 Å². The van der Waals surface area contributed by atoms with Crippen molar-refractivity contribution in [1.82, 2.24) is 0 Å². The molecule has 19 heavy (non-hydrogen) atoms. The maximum absolute atomic E-state index is 12.7. The van der Waals surface area contributed by atoms with Crippen LogP contribution in [0.5, 0.6) is 0 Å². The van der Waals surface area contributed by atoms with Crippen molar-refractivity contribution in [3.8, 4) is 0 Å². The molecule has 1 aliphatic rings. The molecule has 1 aromatic carbocycles. The summed E-state index contributed by atoms with van der Waals surface area (Å²) < 4.78 is 42.6. The summed E-state index contributed by atoms with van der Waals surface area (Å²) in [7, 11) is 0. The first-order chi connectivity index (χ1) is 8.79. The van der Waals surface area contributed by atoms with E-state index in [1.54, 1.807) is 0 Å². The first kappa shape index (κ1) is 13.2. The number of nitrogens with zero attached hydrogens (tertiary/aromatic N) is 1. The Kier molecular flexibility index (Phi) is 3.09. The summed E-state index contributed by atoms with van der Waals surface area (Å²) in [4.78, 5) is 23.1. The zero-order chi connectivity index (χ0) is 14.2. The molecule has 1 heterocycles. The maximum atomic E-state index is 12.7. The molecule has 0 radical (unpaired) electrons. The predicted octanol–water partition coefficient (Wildman–Crippen LogP) is 2.36. The van der Waals surface area contributed by atoms with Gasteiger partial charge in [0.05, 0.1) is 17.7 Å². The zero-order valence-electron chi connectivity index (χ0n) is 9.40. The minimum absolute atomic E-state index is 0.0531. The Morgan fingerprint density at radius 2 is 2.00 bits per heavy atom. The molecular formula is C11H8F3NO4. The Bertz CT molecular complexity index is 541. The van der Waals surface area contributed by atoms with Gasteiger partial charge in [0.15, 0.2) is 0 Å². The summed E-state index contributed by atoms with van der Waals surface area (Å²) in [6.45, 7) is 0.136. The average molecular weight is 275 g/mol. The molecule has 1 amide bonds. The van der Waals surface area contributed by atoms with E-state index in [0.29, 0.717) is 6.07 Å². The number of hydrogen-bond donors (Lipinski definition) is 1. The molecule has 5 nitrogen and oxygen atoms in total. The van der Waals surface area contributed by atoms with E-state index in [2.05, 4.69) is 4.74 Å². The van der Waals surface area contributed by atoms with Crippen molar-refractivity contribution in [3.63, 3.8) is 0 Å². The largest absolute Gasteiger partial charge is 0.478 e. The Morgan fingerprint density at radius 3 is 2.47 bits per heavy atom. The SMILES string of the molecule is O=C(O)c1cc(N2CCOC2=O)cc(C(F)(F)F)c1. The number of aromatic carboxylic acids is 1. The van der Waals surface area contributed by atoms with Crippen LogP contribution in [-0.4, -0.2) is 30.3 Å². The van der Waals surface area contributed by atoms with Gasteiger partial charge in [0.25, 0.3) is 0 Å². The second-order valence-corrected chi connectivity index (χ2v) is 3.84. The first-order valence-corrected chi connectivity index (χ1v) is 5.19. The molecule has 0 unspecified atom stereocenters. The van der Waals surface area contributed by atoms with Crippen molar-refractivity contribution < 1.29 is 32.6 Å². The van der Waals surface area contributed by atoms with Gasteiger partial charge in [-0.25, -0.2) is 9.59 Å². The molecule has 1 aliphatic heterocycles. The number of carboxylic acids is 1. The van der Waals surface area contributed by atoms with Crippen LogP contribution in [0, 0.1) is 0 Å². The number of carbonyl (C=O) groups excluding carboxylic acids is 1. The average Bonchev–Trinajstić information content (AvgIpc) is 2.73. The summed E-state index contributed by atoms with van der Waals surface area (Å²) in [5.41, 5.74) is -1.80. The molecule has 1 N–H and O–H groups in total. The molecule has 0 atom stereocenters. The molecule has 102 valence electrons. The fraction of sp³-hybridized carbons (Fsp3) is 0.273. The highest BCUT2D eigenvalue weighted by atomic mass is 19.4. The van der Waals surface area contributed by atoms with Crippen molar-refractivity contribution in [2.45, 2.75) is 6.18 Å². The van der Waals surface area contributed by atoms with E-state index in [9.17, 15) is 22.8 Å². The number of benzene rings is 1. The molecule has 0 bridgehead atoms. The van der Waals surface area contributed by atoms with Gasteiger partial charge in [-0.2, -0.15) is 13.2 Å². The van der Waals surface area contributed by atoms with Gasteiger partial charge >= 0.3 is 18.2 Å². The molecule has 0 saturated carbocycles. The predicted molar refractivity (Wildman–Crippen MR) is 57.1 cm³/mol. The Labute approximate surface area is 105 Å². The van der Waals surface area contributed by atoms with Gasteiger partial charge in [-0.3, -0.25) is 4.90 Å². The number of hydrogen-bond acceptors (Lipinski definition) is 3. The topological polar surface area (TPSA) is 66.8 Å². The van der Waals surface area contributed by atoms with E-state index in [1.807, 2.05) is 0 Å². The fourth-order valence-electron chi connectivity index (χ4n) is 1.68. The number of alkyl halides is 3. The minimum Gasteiger partial charge on any atom is -0.478 e. The van der Waals surface area contributed by atoms with Crippen LogP contribution in [0.2, 0.25) is 0 Å². The standard InChI is InChI=1S/C11H8F3NO4/c12-11(13,14)7-3-6(9(16)17)4-8(5-7)15-1-2-19-10(15)18/h3-5H,1-2H2,(H,16,17). The van der Waals surface area contributed by atoms with Crippen LogP contribution in [0.15, 0.2) is 18.2 Å². The number of halogens is 3. The van der Waals surface area contributed by atoms with Crippen LogP contribution in [0.25, 0.3) is 0 Å². The first-order valence-electron chi connectivity index (χ1n) is 5.19. The summed E-state index contributed by atoms with van der Waals surface area (Å²) >= 11 is 0. The van der Waals surface area contributed by atoms with Crippen LogP contribution in [0.3, 0.4) is 0 Å². The molecule has 1 aromatic rings. The lowest BCUT2D eigenvalue weighted by Crippen LogP contribution is -2.24. The van der Waals surface area contributed by atoms with E-state index in [0.717, 1.165) is 17.0 Å². The minimum atomic E-state index is -4.69. The number of carbonyl (C=O) groups is 2. The number of carboxylic acid groups (broad SMARTS) is 1. The van der Waals surface area contributed by atoms with E-state index < -0.39 is 29.4 Å². The van der Waals surface area contributed by atoms with Crippen LogP contribution in [0.1, 0.15) is 15.9 Å². The second kappa shape index (κ2) is 4.45. The van der Waals surface area contributed by atoms with Crippen LogP contribution < -0.4 is 4.90 Å². The molecule has 1 fully saturated rings.